The van der Waals surface area contributed by atoms with Gasteiger partial charge in [-0.3, -0.25) is 14.2 Å². The van der Waals surface area contributed by atoms with E-state index < -0.39 is 26.5 Å². The standard InChI is InChI=1S/C70H126NO8P/c1-6-8-10-12-14-16-18-20-22-24-26-28-30-32-34-35-37-38-40-42-44-46-48-50-52-54-56-58-60-62-69(72)76-66-68(67-78-80(74,75)77-65-64-71(3,4)5)79-70(73)63-61-59-57-55-53-51-49-47-45-43-41-39-36-33-31-29-27-25-23-21-19-17-15-13-11-9-7-2/h9,11,15,17-18,20-21,23-24,26-27,29-30,32,68H,6-8,10,12-14,16,19,22,25,28,31,33-67H2,1-5H3/b11-9-,17-15-,20-18-,23-21-,26-24-,29-27-,32-30-. The summed E-state index contributed by atoms with van der Waals surface area (Å²) in [5.74, 6) is -0.827. The van der Waals surface area contributed by atoms with Crippen molar-refractivity contribution in [2.24, 2.45) is 0 Å². The Balaban J connectivity index is 4.07. The first-order valence-electron chi connectivity index (χ1n) is 33.3. The van der Waals surface area contributed by atoms with Gasteiger partial charge in [-0.05, 0) is 89.9 Å². The zero-order valence-electron chi connectivity index (χ0n) is 52.8. The number of rotatable bonds is 61. The topological polar surface area (TPSA) is 111 Å². The molecule has 0 N–H and O–H groups in total. The van der Waals surface area contributed by atoms with Crippen LogP contribution in [0, 0.1) is 0 Å². The Morgan fingerprint density at radius 1 is 0.400 bits per heavy atom. The Morgan fingerprint density at radius 3 is 1.06 bits per heavy atom. The second-order valence-corrected chi connectivity index (χ2v) is 24.9. The fourth-order valence-electron chi connectivity index (χ4n) is 9.30. The second-order valence-electron chi connectivity index (χ2n) is 23.5. The van der Waals surface area contributed by atoms with Crippen molar-refractivity contribution in [3.8, 4) is 0 Å². The molecule has 2 unspecified atom stereocenters. The summed E-state index contributed by atoms with van der Waals surface area (Å²) in [6.45, 7) is 4.15. The highest BCUT2D eigenvalue weighted by Crippen LogP contribution is 2.38. The van der Waals surface area contributed by atoms with Crippen LogP contribution in [-0.2, 0) is 32.7 Å². The smallest absolute Gasteiger partial charge is 0.306 e. The summed E-state index contributed by atoms with van der Waals surface area (Å²) in [5, 5.41) is 0. The summed E-state index contributed by atoms with van der Waals surface area (Å²) in [6, 6.07) is 0. The fraction of sp³-hybridized carbons (Fsp3) is 0.771. The van der Waals surface area contributed by atoms with E-state index in [0.717, 1.165) is 77.0 Å². The van der Waals surface area contributed by atoms with Crippen molar-refractivity contribution in [2.75, 3.05) is 47.5 Å². The lowest BCUT2D eigenvalue weighted by Crippen LogP contribution is -2.37. The summed E-state index contributed by atoms with van der Waals surface area (Å²) >= 11 is 0. The van der Waals surface area contributed by atoms with Crippen LogP contribution in [0.25, 0.3) is 0 Å². The van der Waals surface area contributed by atoms with Crippen molar-refractivity contribution in [1.82, 2.24) is 0 Å². The third-order valence-corrected chi connectivity index (χ3v) is 15.4. The van der Waals surface area contributed by atoms with Crippen LogP contribution in [0.2, 0.25) is 0 Å². The Morgan fingerprint density at radius 2 is 0.713 bits per heavy atom. The Bertz CT molecular complexity index is 1630. The Hall–Kier alpha value is -2.81. The van der Waals surface area contributed by atoms with Gasteiger partial charge in [0.05, 0.1) is 27.7 Å². The Kier molecular flexibility index (Phi) is 58.6. The van der Waals surface area contributed by atoms with Gasteiger partial charge in [-0.25, -0.2) is 0 Å². The van der Waals surface area contributed by atoms with Gasteiger partial charge in [0.25, 0.3) is 7.82 Å². The number of esters is 2. The molecule has 0 aliphatic rings. The second kappa shape index (κ2) is 60.8. The van der Waals surface area contributed by atoms with E-state index >= 15 is 0 Å². The number of unbranched alkanes of at least 4 members (excludes halogenated alkanes) is 33. The van der Waals surface area contributed by atoms with E-state index in [1.165, 1.54) is 186 Å². The number of phosphoric ester groups is 1. The molecule has 0 aromatic carbocycles. The molecule has 0 aromatic rings. The maximum absolute atomic E-state index is 12.8. The first-order valence-corrected chi connectivity index (χ1v) is 34.8. The van der Waals surface area contributed by atoms with E-state index in [1.54, 1.807) is 0 Å². The first-order chi connectivity index (χ1) is 39.0. The molecule has 464 valence electrons. The largest absolute Gasteiger partial charge is 0.756 e. The number of hydrogen-bond acceptors (Lipinski definition) is 8. The van der Waals surface area contributed by atoms with Crippen LogP contribution in [0.15, 0.2) is 85.1 Å². The SMILES string of the molecule is CC/C=C\C/C=C\C/C=C\C/C=C\CCCCCCCCCCCCCCCCC(=O)OC(COC(=O)CCCCCCCCCCCCCCCC/C=C\C/C=C\C/C=C\CCCCCCC)COP(=O)([O-])OCC[N+](C)(C)C. The molecule has 0 fully saturated rings. The van der Waals surface area contributed by atoms with Crippen LogP contribution < -0.4 is 4.89 Å². The molecule has 0 aliphatic heterocycles. The number of carbonyl (C=O) groups is 2. The highest BCUT2D eigenvalue weighted by Gasteiger charge is 2.22. The average Bonchev–Trinajstić information content (AvgIpc) is 3.42. The molecule has 0 amide bonds. The molecular formula is C70H126NO8P. The molecule has 9 nitrogen and oxygen atoms in total. The summed E-state index contributed by atoms with van der Waals surface area (Å²) in [4.78, 5) is 38.0. The molecule has 0 aromatic heterocycles. The first kappa shape index (κ1) is 77.2. The number of likely N-dealkylation sites (N-methyl/N-ethyl adjacent to an activating group) is 1. The minimum absolute atomic E-state index is 0.0329. The van der Waals surface area contributed by atoms with Crippen LogP contribution in [0.5, 0.6) is 0 Å². The van der Waals surface area contributed by atoms with Gasteiger partial charge in [0.1, 0.15) is 19.8 Å². The van der Waals surface area contributed by atoms with Gasteiger partial charge in [0, 0.05) is 12.8 Å². The van der Waals surface area contributed by atoms with Crippen molar-refractivity contribution < 1.29 is 42.1 Å². The quantitative estimate of drug-likeness (QED) is 0.0195. The molecular weight excluding hydrogens is 1010 g/mol. The van der Waals surface area contributed by atoms with Crippen molar-refractivity contribution >= 4 is 19.8 Å². The van der Waals surface area contributed by atoms with E-state index in [1.807, 2.05) is 21.1 Å². The van der Waals surface area contributed by atoms with E-state index in [2.05, 4.69) is 98.9 Å². The zero-order valence-corrected chi connectivity index (χ0v) is 53.7. The zero-order chi connectivity index (χ0) is 58.4. The minimum atomic E-state index is -4.64. The monoisotopic (exact) mass is 1140 g/mol. The highest BCUT2D eigenvalue weighted by molar-refractivity contribution is 7.45. The number of nitrogens with zero attached hydrogens (tertiary/aromatic N) is 1. The molecule has 0 spiro atoms. The van der Waals surface area contributed by atoms with Gasteiger partial charge >= 0.3 is 11.9 Å². The maximum Gasteiger partial charge on any atom is 0.306 e. The average molecular weight is 1140 g/mol. The molecule has 0 heterocycles. The number of carbonyl (C=O) groups excluding carboxylic acids is 2. The number of ether oxygens (including phenoxy) is 2. The van der Waals surface area contributed by atoms with Gasteiger partial charge in [-0.15, -0.1) is 0 Å². The van der Waals surface area contributed by atoms with Crippen LogP contribution in [0.4, 0.5) is 0 Å². The molecule has 0 aliphatic carbocycles. The molecule has 0 saturated carbocycles. The lowest BCUT2D eigenvalue weighted by Gasteiger charge is -2.28. The number of allylic oxidation sites excluding steroid dienone is 14. The summed E-state index contributed by atoms with van der Waals surface area (Å²) in [5.41, 5.74) is 0. The highest BCUT2D eigenvalue weighted by atomic mass is 31.2. The molecule has 10 heteroatoms. The molecule has 2 atom stereocenters. The van der Waals surface area contributed by atoms with Crippen LogP contribution in [0.1, 0.15) is 296 Å². The van der Waals surface area contributed by atoms with Crippen LogP contribution in [0.3, 0.4) is 0 Å². The predicted octanol–water partition coefficient (Wildman–Crippen LogP) is 20.7. The van der Waals surface area contributed by atoms with Gasteiger partial charge in [-0.2, -0.15) is 0 Å². The van der Waals surface area contributed by atoms with Crippen LogP contribution in [-0.4, -0.2) is 70.0 Å². The lowest BCUT2D eigenvalue weighted by atomic mass is 10.0. The van der Waals surface area contributed by atoms with Gasteiger partial charge in [0.15, 0.2) is 6.10 Å². The summed E-state index contributed by atoms with van der Waals surface area (Å²) in [6.07, 6.45) is 82.2. The number of quaternary nitrogens is 1. The molecule has 0 saturated heterocycles. The van der Waals surface area contributed by atoms with Crippen molar-refractivity contribution in [2.45, 2.75) is 302 Å². The molecule has 0 bridgehead atoms. The summed E-state index contributed by atoms with van der Waals surface area (Å²) in [7, 11) is 1.17. The van der Waals surface area contributed by atoms with E-state index in [9.17, 15) is 19.0 Å². The summed E-state index contributed by atoms with van der Waals surface area (Å²) < 4.78 is 34.3. The lowest BCUT2D eigenvalue weighted by molar-refractivity contribution is -0.870. The van der Waals surface area contributed by atoms with Gasteiger partial charge < -0.3 is 27.9 Å². The molecule has 0 rings (SSSR count). The van der Waals surface area contributed by atoms with Crippen LogP contribution >= 0.6 is 7.82 Å². The molecule has 0 radical (unpaired) electrons. The fourth-order valence-corrected chi connectivity index (χ4v) is 10.0. The minimum Gasteiger partial charge on any atom is -0.756 e. The van der Waals surface area contributed by atoms with Crippen molar-refractivity contribution in [3.63, 3.8) is 0 Å². The van der Waals surface area contributed by atoms with Gasteiger partial charge in [-0.1, -0.05) is 279 Å². The Labute approximate surface area is 494 Å². The third kappa shape index (κ3) is 64.4. The van der Waals surface area contributed by atoms with E-state index in [0.29, 0.717) is 17.4 Å². The number of phosphoric acid groups is 1. The van der Waals surface area contributed by atoms with E-state index in [4.69, 9.17) is 18.5 Å². The van der Waals surface area contributed by atoms with Crippen molar-refractivity contribution in [3.05, 3.63) is 85.1 Å². The predicted molar refractivity (Wildman–Crippen MR) is 342 cm³/mol. The van der Waals surface area contributed by atoms with Gasteiger partial charge in [0.2, 0.25) is 0 Å². The van der Waals surface area contributed by atoms with Crippen molar-refractivity contribution in [1.29, 1.82) is 0 Å². The maximum atomic E-state index is 12.8. The van der Waals surface area contributed by atoms with E-state index in [-0.39, 0.29) is 32.0 Å². The molecule has 80 heavy (non-hydrogen) atoms. The normalized spacial score (nSPS) is 13.7. The third-order valence-electron chi connectivity index (χ3n) is 14.4. The number of hydrogen-bond donors (Lipinski definition) is 0.